The minimum atomic E-state index is -3.72. The zero-order chi connectivity index (χ0) is 14.6. The summed E-state index contributed by atoms with van der Waals surface area (Å²) in [5.74, 6) is 0. The predicted octanol–water partition coefficient (Wildman–Crippen LogP) is 2.19. The number of hydrogen-bond acceptors (Lipinski definition) is 4. The van der Waals surface area contributed by atoms with Crippen LogP contribution in [0.25, 0.3) is 0 Å². The number of benzene rings is 1. The Morgan fingerprint density at radius 3 is 2.42 bits per heavy atom. The third kappa shape index (κ3) is 3.91. The van der Waals surface area contributed by atoms with Crippen molar-refractivity contribution in [2.24, 2.45) is 0 Å². The Kier molecular flexibility index (Phi) is 6.25. The maximum atomic E-state index is 12.6. The Labute approximate surface area is 130 Å². The fourth-order valence-corrected chi connectivity index (χ4v) is 5.23. The molecule has 0 bridgehead atoms. The number of rotatable bonds is 6. The number of nitrogen functional groups attached to an aromatic ring is 1. The van der Waals surface area contributed by atoms with Crippen molar-refractivity contribution in [2.45, 2.75) is 18.2 Å². The van der Waals surface area contributed by atoms with E-state index in [4.69, 9.17) is 10.8 Å². The van der Waals surface area contributed by atoms with E-state index in [0.29, 0.717) is 21.9 Å². The van der Waals surface area contributed by atoms with Gasteiger partial charge in [-0.3, -0.25) is 0 Å². The Bertz CT molecular complexity index is 520. The Hall–Kier alpha value is -0.150. The Balaban J connectivity index is 3.33. The van der Waals surface area contributed by atoms with Gasteiger partial charge in [-0.1, -0.05) is 22.9 Å². The number of hydrogen-bond donors (Lipinski definition) is 2. The third-order valence-electron chi connectivity index (χ3n) is 2.46. The third-order valence-corrected chi connectivity index (χ3v) is 5.82. The highest BCUT2D eigenvalue weighted by Gasteiger charge is 2.28. The van der Waals surface area contributed by atoms with E-state index < -0.39 is 10.0 Å². The molecule has 0 amide bonds. The van der Waals surface area contributed by atoms with E-state index in [1.807, 2.05) is 6.92 Å². The van der Waals surface area contributed by atoms with Crippen molar-refractivity contribution >= 4 is 47.6 Å². The van der Waals surface area contributed by atoms with Crippen LogP contribution in [0.3, 0.4) is 0 Å². The number of nitrogens with two attached hydrogens (primary N) is 1. The van der Waals surface area contributed by atoms with Gasteiger partial charge >= 0.3 is 0 Å². The van der Waals surface area contributed by atoms with Gasteiger partial charge in [0.05, 0.1) is 12.3 Å². The molecule has 0 spiro atoms. The van der Waals surface area contributed by atoms with Crippen molar-refractivity contribution < 1.29 is 13.5 Å². The SMILES string of the molecule is CCCN(CCO)S(=O)(=O)c1c(N)cc(Br)cc1Br. The highest BCUT2D eigenvalue weighted by Crippen LogP contribution is 2.33. The molecule has 5 nitrogen and oxygen atoms in total. The lowest BCUT2D eigenvalue weighted by Crippen LogP contribution is -2.34. The minimum absolute atomic E-state index is 0.0394. The van der Waals surface area contributed by atoms with Crippen molar-refractivity contribution in [1.82, 2.24) is 4.31 Å². The summed E-state index contributed by atoms with van der Waals surface area (Å²) in [5.41, 5.74) is 5.98. The molecule has 0 atom stereocenters. The van der Waals surface area contributed by atoms with Crippen molar-refractivity contribution in [3.05, 3.63) is 21.1 Å². The summed E-state index contributed by atoms with van der Waals surface area (Å²) in [6.45, 7) is 2.04. The largest absolute Gasteiger partial charge is 0.398 e. The van der Waals surface area contributed by atoms with Gasteiger partial charge in [-0.15, -0.1) is 0 Å². The van der Waals surface area contributed by atoms with Gasteiger partial charge < -0.3 is 10.8 Å². The highest BCUT2D eigenvalue weighted by atomic mass is 79.9. The lowest BCUT2D eigenvalue weighted by molar-refractivity contribution is 0.253. The minimum Gasteiger partial charge on any atom is -0.398 e. The lowest BCUT2D eigenvalue weighted by Gasteiger charge is -2.22. The summed E-state index contributed by atoms with van der Waals surface area (Å²) >= 11 is 6.48. The lowest BCUT2D eigenvalue weighted by atomic mass is 10.3. The van der Waals surface area contributed by atoms with Gasteiger partial charge in [-0.05, 0) is 34.5 Å². The molecule has 8 heteroatoms. The summed E-state index contributed by atoms with van der Waals surface area (Å²) in [5, 5.41) is 9.00. The molecule has 1 rings (SSSR count). The second kappa shape index (κ2) is 7.03. The molecule has 0 saturated heterocycles. The summed E-state index contributed by atoms with van der Waals surface area (Å²) in [7, 11) is -3.72. The predicted molar refractivity (Wildman–Crippen MR) is 82.4 cm³/mol. The molecular formula is C11H16Br2N2O3S. The van der Waals surface area contributed by atoms with Gasteiger partial charge in [0.25, 0.3) is 0 Å². The Morgan fingerprint density at radius 2 is 1.95 bits per heavy atom. The van der Waals surface area contributed by atoms with Crippen LogP contribution in [0.4, 0.5) is 5.69 Å². The molecule has 19 heavy (non-hydrogen) atoms. The number of sulfonamides is 1. The molecule has 3 N–H and O–H groups in total. The first-order chi connectivity index (χ1) is 8.84. The summed E-state index contributed by atoms with van der Waals surface area (Å²) in [6, 6.07) is 3.17. The number of aliphatic hydroxyl groups is 1. The van der Waals surface area contributed by atoms with E-state index in [0.717, 1.165) is 0 Å². The summed E-state index contributed by atoms with van der Waals surface area (Å²) in [4.78, 5) is 0.0394. The van der Waals surface area contributed by atoms with Gasteiger partial charge in [-0.2, -0.15) is 4.31 Å². The first-order valence-electron chi connectivity index (χ1n) is 5.70. The van der Waals surface area contributed by atoms with Crippen LogP contribution in [0.15, 0.2) is 26.0 Å². The average molecular weight is 416 g/mol. The van der Waals surface area contributed by atoms with Crippen molar-refractivity contribution in [2.75, 3.05) is 25.4 Å². The smallest absolute Gasteiger partial charge is 0.246 e. The van der Waals surface area contributed by atoms with Gasteiger partial charge in [0, 0.05) is 22.0 Å². The number of anilines is 1. The molecule has 0 fully saturated rings. The average Bonchev–Trinajstić information content (AvgIpc) is 2.26. The molecule has 108 valence electrons. The van der Waals surface area contributed by atoms with Crippen LogP contribution in [0.1, 0.15) is 13.3 Å². The van der Waals surface area contributed by atoms with E-state index >= 15 is 0 Å². The monoisotopic (exact) mass is 414 g/mol. The molecule has 0 aliphatic carbocycles. The van der Waals surface area contributed by atoms with E-state index in [1.54, 1.807) is 12.1 Å². The maximum absolute atomic E-state index is 12.6. The fraction of sp³-hybridized carbons (Fsp3) is 0.455. The normalized spacial score (nSPS) is 12.1. The van der Waals surface area contributed by atoms with E-state index in [9.17, 15) is 8.42 Å². The van der Waals surface area contributed by atoms with Crippen LogP contribution >= 0.6 is 31.9 Å². The number of halogens is 2. The quantitative estimate of drug-likeness (QED) is 0.697. The molecule has 1 aromatic rings. The van der Waals surface area contributed by atoms with E-state index in [1.165, 1.54) is 4.31 Å². The first kappa shape index (κ1) is 16.9. The molecule has 0 heterocycles. The molecule has 0 saturated carbocycles. The van der Waals surface area contributed by atoms with Crippen molar-refractivity contribution in [3.8, 4) is 0 Å². The first-order valence-corrected chi connectivity index (χ1v) is 8.72. The highest BCUT2D eigenvalue weighted by molar-refractivity contribution is 9.11. The van der Waals surface area contributed by atoms with Gasteiger partial charge in [0.1, 0.15) is 4.90 Å². The standard InChI is InChI=1S/C11H16Br2N2O3S/c1-2-3-15(4-5-16)19(17,18)11-9(13)6-8(12)7-10(11)14/h6-7,16H,2-5,14H2,1H3. The van der Waals surface area contributed by atoms with Crippen molar-refractivity contribution in [1.29, 1.82) is 0 Å². The van der Waals surface area contributed by atoms with Gasteiger partial charge in [0.2, 0.25) is 10.0 Å². The second-order valence-corrected chi connectivity index (χ2v) is 7.58. The van der Waals surface area contributed by atoms with Gasteiger partial charge in [0.15, 0.2) is 0 Å². The van der Waals surface area contributed by atoms with E-state index in [-0.39, 0.29) is 23.7 Å². The van der Waals surface area contributed by atoms with E-state index in [2.05, 4.69) is 31.9 Å². The zero-order valence-corrected chi connectivity index (χ0v) is 14.4. The topological polar surface area (TPSA) is 83.6 Å². The van der Waals surface area contributed by atoms with Crippen molar-refractivity contribution in [3.63, 3.8) is 0 Å². The van der Waals surface area contributed by atoms with Crippen LogP contribution < -0.4 is 5.73 Å². The zero-order valence-electron chi connectivity index (χ0n) is 10.4. The molecule has 1 aromatic carbocycles. The second-order valence-electron chi connectivity index (χ2n) is 3.93. The number of nitrogens with zero attached hydrogens (tertiary/aromatic N) is 1. The summed E-state index contributed by atoms with van der Waals surface area (Å²) in [6.07, 6.45) is 0.660. The van der Waals surface area contributed by atoms with Crippen LogP contribution in [0.2, 0.25) is 0 Å². The Morgan fingerprint density at radius 1 is 1.32 bits per heavy atom. The van der Waals surface area contributed by atoms with Crippen LogP contribution in [0.5, 0.6) is 0 Å². The van der Waals surface area contributed by atoms with Gasteiger partial charge in [-0.25, -0.2) is 8.42 Å². The van der Waals surface area contributed by atoms with Crippen LogP contribution in [0, 0.1) is 0 Å². The molecular weight excluding hydrogens is 400 g/mol. The fourth-order valence-electron chi connectivity index (χ4n) is 1.69. The van der Waals surface area contributed by atoms with Crippen LogP contribution in [-0.4, -0.2) is 37.5 Å². The molecule has 0 aliphatic rings. The molecule has 0 radical (unpaired) electrons. The molecule has 0 unspecified atom stereocenters. The maximum Gasteiger partial charge on any atom is 0.246 e. The summed E-state index contributed by atoms with van der Waals surface area (Å²) < 4.78 is 27.4. The molecule has 0 aliphatic heterocycles. The van der Waals surface area contributed by atoms with Crippen LogP contribution in [-0.2, 0) is 10.0 Å². The number of aliphatic hydroxyl groups excluding tert-OH is 1. The molecule has 0 aromatic heterocycles.